The Bertz CT molecular complexity index is 1150. The zero-order valence-electron chi connectivity index (χ0n) is 21.9. The third-order valence-electron chi connectivity index (χ3n) is 8.53. The Kier molecular flexibility index (Phi) is 7.31. The number of urea groups is 1. The van der Waals surface area contributed by atoms with E-state index in [2.05, 4.69) is 10.6 Å². The van der Waals surface area contributed by atoms with Crippen LogP contribution in [0.4, 0.5) is 4.79 Å². The van der Waals surface area contributed by atoms with Gasteiger partial charge in [-0.3, -0.25) is 9.59 Å². The number of rotatable bonds is 8. The molecule has 9 heteroatoms. The van der Waals surface area contributed by atoms with Gasteiger partial charge in [0.2, 0.25) is 5.91 Å². The molecule has 1 aromatic carbocycles. The molecule has 2 atom stereocenters. The van der Waals surface area contributed by atoms with Crippen LogP contribution in [0.5, 0.6) is 5.75 Å². The molecule has 0 radical (unpaired) electrons. The molecule has 3 saturated heterocycles. The first-order valence-corrected chi connectivity index (χ1v) is 13.6. The quantitative estimate of drug-likeness (QED) is 0.524. The molecular formula is C28H38N4O5. The molecule has 0 aliphatic carbocycles. The number of piperidine rings is 1. The van der Waals surface area contributed by atoms with Crippen molar-refractivity contribution in [2.45, 2.75) is 70.4 Å². The second-order valence-corrected chi connectivity index (χ2v) is 11.0. The van der Waals surface area contributed by atoms with Gasteiger partial charge in [-0.25, -0.2) is 4.79 Å². The molecule has 4 heterocycles. The number of nitrogens with zero attached hydrogens (tertiary/aromatic N) is 2. The van der Waals surface area contributed by atoms with E-state index in [-0.39, 0.29) is 35.3 Å². The zero-order chi connectivity index (χ0) is 26.0. The van der Waals surface area contributed by atoms with Gasteiger partial charge in [0.25, 0.3) is 5.91 Å². The monoisotopic (exact) mass is 510 g/mol. The van der Waals surface area contributed by atoms with Crippen molar-refractivity contribution in [2.24, 2.45) is 5.41 Å². The Hall–Kier alpha value is -3.23. The number of para-hydroxylation sites is 1. The van der Waals surface area contributed by atoms with Gasteiger partial charge in [0.15, 0.2) is 17.1 Å². The van der Waals surface area contributed by atoms with Gasteiger partial charge in [0.1, 0.15) is 0 Å². The Morgan fingerprint density at radius 3 is 2.54 bits per heavy atom. The number of carbonyl (C=O) groups is 3. The van der Waals surface area contributed by atoms with E-state index < -0.39 is 0 Å². The third kappa shape index (κ3) is 5.40. The van der Waals surface area contributed by atoms with Crippen LogP contribution in [0.25, 0.3) is 11.0 Å². The summed E-state index contributed by atoms with van der Waals surface area (Å²) >= 11 is 0. The molecular weight excluding hydrogens is 472 g/mol. The smallest absolute Gasteiger partial charge is 0.315 e. The van der Waals surface area contributed by atoms with E-state index in [4.69, 9.17) is 9.15 Å². The fraction of sp³-hybridized carbons (Fsp3) is 0.607. The van der Waals surface area contributed by atoms with Crippen LogP contribution in [0.15, 0.2) is 28.7 Å². The number of unbranched alkanes of at least 4 members (excludes halogenated alkanes) is 2. The number of amides is 4. The lowest BCUT2D eigenvalue weighted by molar-refractivity contribution is -0.130. The molecule has 1 aromatic heterocycles. The van der Waals surface area contributed by atoms with Crippen LogP contribution in [0.1, 0.15) is 68.8 Å². The summed E-state index contributed by atoms with van der Waals surface area (Å²) in [7, 11) is 1.59. The van der Waals surface area contributed by atoms with Crippen LogP contribution in [0, 0.1) is 5.41 Å². The molecule has 0 unspecified atom stereocenters. The first-order chi connectivity index (χ1) is 17.9. The minimum atomic E-state index is -0.0824. The first-order valence-electron chi connectivity index (χ1n) is 13.6. The first kappa shape index (κ1) is 25.4. The van der Waals surface area contributed by atoms with Gasteiger partial charge in [-0.05, 0) is 56.6 Å². The van der Waals surface area contributed by atoms with E-state index in [9.17, 15) is 14.4 Å². The van der Waals surface area contributed by atoms with Crippen LogP contribution in [0.2, 0.25) is 0 Å². The second-order valence-electron chi connectivity index (χ2n) is 11.0. The Balaban J connectivity index is 1.05. The molecule has 3 aliphatic heterocycles. The highest BCUT2D eigenvalue weighted by atomic mass is 16.5. The van der Waals surface area contributed by atoms with Gasteiger partial charge in [-0.15, -0.1) is 0 Å². The van der Waals surface area contributed by atoms with Gasteiger partial charge in [0.05, 0.1) is 13.2 Å². The highest BCUT2D eigenvalue weighted by Gasteiger charge is 2.43. The summed E-state index contributed by atoms with van der Waals surface area (Å²) in [6.45, 7) is 4.99. The summed E-state index contributed by atoms with van der Waals surface area (Å²) in [5.41, 5.74) is 0.719. The molecule has 37 heavy (non-hydrogen) atoms. The summed E-state index contributed by atoms with van der Waals surface area (Å²) < 4.78 is 11.2. The van der Waals surface area contributed by atoms with Gasteiger partial charge < -0.3 is 29.6 Å². The summed E-state index contributed by atoms with van der Waals surface area (Å²) in [6.07, 6.45) is 7.24. The SMILES string of the molecule is COc1cccc2cc(C(=O)N3CCC4(CCN(C(=O)CCCCC[C@H]5NC(=O)N[C@H]5C)C4)CC3)oc12. The van der Waals surface area contributed by atoms with E-state index >= 15 is 0 Å². The minimum Gasteiger partial charge on any atom is -0.493 e. The molecule has 1 spiro atoms. The normalized spacial score (nSPS) is 22.9. The van der Waals surface area contributed by atoms with E-state index in [0.717, 1.165) is 63.4 Å². The zero-order valence-corrected chi connectivity index (χ0v) is 21.9. The van der Waals surface area contributed by atoms with Gasteiger partial charge in [-0.2, -0.15) is 0 Å². The van der Waals surface area contributed by atoms with Crippen LogP contribution in [0.3, 0.4) is 0 Å². The van der Waals surface area contributed by atoms with Crippen molar-refractivity contribution < 1.29 is 23.5 Å². The molecule has 3 fully saturated rings. The average Bonchev–Trinajstić information content (AvgIpc) is 3.60. The molecule has 0 saturated carbocycles. The molecule has 2 N–H and O–H groups in total. The molecule has 4 amide bonds. The van der Waals surface area contributed by atoms with Crippen molar-refractivity contribution in [2.75, 3.05) is 33.3 Å². The number of ether oxygens (including phenoxy) is 1. The van der Waals surface area contributed by atoms with Crippen molar-refractivity contribution >= 4 is 28.8 Å². The predicted octanol–water partition coefficient (Wildman–Crippen LogP) is 3.92. The number of hydrogen-bond acceptors (Lipinski definition) is 5. The fourth-order valence-electron chi connectivity index (χ4n) is 6.14. The predicted molar refractivity (Wildman–Crippen MR) is 140 cm³/mol. The number of benzene rings is 1. The maximum Gasteiger partial charge on any atom is 0.315 e. The van der Waals surface area contributed by atoms with E-state index in [1.54, 1.807) is 13.2 Å². The van der Waals surface area contributed by atoms with E-state index in [1.807, 2.05) is 34.9 Å². The topological polar surface area (TPSA) is 104 Å². The van der Waals surface area contributed by atoms with Crippen molar-refractivity contribution in [3.05, 3.63) is 30.0 Å². The lowest BCUT2D eigenvalue weighted by atomic mass is 9.77. The van der Waals surface area contributed by atoms with E-state index in [0.29, 0.717) is 36.6 Å². The molecule has 3 aliphatic rings. The Morgan fingerprint density at radius 1 is 1.08 bits per heavy atom. The van der Waals surface area contributed by atoms with Crippen molar-refractivity contribution in [1.29, 1.82) is 0 Å². The van der Waals surface area contributed by atoms with Gasteiger partial charge in [-0.1, -0.05) is 25.0 Å². The van der Waals surface area contributed by atoms with Crippen LogP contribution in [-0.2, 0) is 4.79 Å². The molecule has 200 valence electrons. The van der Waals surface area contributed by atoms with E-state index in [1.165, 1.54) is 0 Å². The molecule has 0 bridgehead atoms. The Morgan fingerprint density at radius 2 is 1.84 bits per heavy atom. The number of methoxy groups -OCH3 is 1. The van der Waals surface area contributed by atoms with Crippen LogP contribution >= 0.6 is 0 Å². The summed E-state index contributed by atoms with van der Waals surface area (Å²) in [5, 5.41) is 6.69. The van der Waals surface area contributed by atoms with Crippen LogP contribution in [-0.4, -0.2) is 73.0 Å². The maximum atomic E-state index is 13.1. The maximum absolute atomic E-state index is 13.1. The van der Waals surface area contributed by atoms with Crippen LogP contribution < -0.4 is 15.4 Å². The highest BCUT2D eigenvalue weighted by Crippen LogP contribution is 2.41. The summed E-state index contributed by atoms with van der Waals surface area (Å²) in [5.74, 6) is 1.14. The van der Waals surface area contributed by atoms with Crippen molar-refractivity contribution in [3.8, 4) is 5.75 Å². The number of hydrogen-bond donors (Lipinski definition) is 2. The summed E-state index contributed by atoms with van der Waals surface area (Å²) in [4.78, 5) is 41.3. The van der Waals surface area contributed by atoms with Gasteiger partial charge in [0, 0.05) is 44.0 Å². The van der Waals surface area contributed by atoms with Crippen molar-refractivity contribution in [1.82, 2.24) is 20.4 Å². The van der Waals surface area contributed by atoms with Gasteiger partial charge >= 0.3 is 6.03 Å². The lowest BCUT2D eigenvalue weighted by Gasteiger charge is -2.39. The Labute approximate surface area is 217 Å². The fourth-order valence-corrected chi connectivity index (χ4v) is 6.14. The standard InChI is InChI=1S/C28H38N4O5/c1-19-21(30-27(35)29-19)8-4-3-5-10-24(33)32-16-13-28(18-32)11-14-31(15-12-28)26(34)23-17-20-7-6-9-22(36-2)25(20)37-23/h6-7,9,17,19,21H,3-5,8,10-16,18H2,1-2H3,(H2,29,30,35)/t19-,21+/m0/s1. The minimum absolute atomic E-state index is 0.0821. The lowest BCUT2D eigenvalue weighted by Crippen LogP contribution is -2.44. The molecule has 9 nitrogen and oxygen atoms in total. The van der Waals surface area contributed by atoms with Crippen molar-refractivity contribution in [3.63, 3.8) is 0 Å². The summed E-state index contributed by atoms with van der Waals surface area (Å²) in [6, 6.07) is 7.70. The largest absolute Gasteiger partial charge is 0.493 e. The number of nitrogens with one attached hydrogen (secondary N) is 2. The highest BCUT2D eigenvalue weighted by molar-refractivity contribution is 5.97. The average molecular weight is 511 g/mol. The third-order valence-corrected chi connectivity index (χ3v) is 8.53. The molecule has 2 aromatic rings. The number of furan rings is 1. The number of fused-ring (bicyclic) bond motifs is 1. The number of carbonyl (C=O) groups excluding carboxylic acids is 3. The number of likely N-dealkylation sites (tertiary alicyclic amines) is 2. The molecule has 5 rings (SSSR count). The second kappa shape index (κ2) is 10.6.